The van der Waals surface area contributed by atoms with E-state index in [2.05, 4.69) is 14.8 Å². The lowest BCUT2D eigenvalue weighted by Crippen LogP contribution is -2.24. The molecule has 102 valence electrons. The average molecular weight is 281 g/mol. The van der Waals surface area contributed by atoms with Crippen LogP contribution in [0.15, 0.2) is 29.4 Å². The third-order valence-corrected chi connectivity index (χ3v) is 4.00. The fraction of sp³-hybridized carbons (Fsp3) is 0.273. The molecule has 3 N–H and O–H groups in total. The molecule has 0 unspecified atom stereocenters. The van der Waals surface area contributed by atoms with Crippen molar-refractivity contribution in [1.29, 1.82) is 0 Å². The van der Waals surface area contributed by atoms with E-state index in [9.17, 15) is 8.42 Å². The van der Waals surface area contributed by atoms with Crippen molar-refractivity contribution in [2.75, 3.05) is 5.73 Å². The highest BCUT2D eigenvalue weighted by Gasteiger charge is 2.17. The summed E-state index contributed by atoms with van der Waals surface area (Å²) in [5.74, 6) is 0.400. The monoisotopic (exact) mass is 281 g/mol. The fourth-order valence-corrected chi connectivity index (χ4v) is 2.71. The lowest BCUT2D eigenvalue weighted by Gasteiger charge is -2.08. The molecule has 0 amide bonds. The zero-order valence-electron chi connectivity index (χ0n) is 10.7. The van der Waals surface area contributed by atoms with E-state index >= 15 is 0 Å². The first kappa shape index (κ1) is 13.5. The number of hydrogen-bond donors (Lipinski definition) is 2. The van der Waals surface area contributed by atoms with Gasteiger partial charge in [0.05, 0.1) is 12.2 Å². The molecule has 1 heterocycles. The van der Waals surface area contributed by atoms with Crippen molar-refractivity contribution in [3.63, 3.8) is 0 Å². The highest BCUT2D eigenvalue weighted by atomic mass is 32.2. The highest BCUT2D eigenvalue weighted by Crippen LogP contribution is 2.19. The van der Waals surface area contributed by atoms with Crippen LogP contribution in [-0.4, -0.2) is 23.2 Å². The molecule has 2 rings (SSSR count). The molecule has 0 radical (unpaired) electrons. The Labute approximate surface area is 111 Å². The summed E-state index contributed by atoms with van der Waals surface area (Å²) >= 11 is 0. The first-order valence-electron chi connectivity index (χ1n) is 5.59. The van der Waals surface area contributed by atoms with E-state index in [1.807, 2.05) is 6.92 Å². The van der Waals surface area contributed by atoms with Crippen molar-refractivity contribution in [1.82, 2.24) is 19.5 Å². The number of aryl methyl sites for hydroxylation is 2. The number of nitrogens with one attached hydrogen (secondary N) is 1. The molecule has 0 atom stereocenters. The third-order valence-electron chi connectivity index (χ3n) is 2.52. The van der Waals surface area contributed by atoms with Gasteiger partial charge in [0.15, 0.2) is 5.82 Å². The maximum absolute atomic E-state index is 12.1. The number of anilines is 1. The topological polar surface area (TPSA) is 103 Å². The Kier molecular flexibility index (Phi) is 3.54. The van der Waals surface area contributed by atoms with Gasteiger partial charge in [-0.15, -0.1) is 0 Å². The van der Waals surface area contributed by atoms with Crippen LogP contribution in [0.3, 0.4) is 0 Å². The molecule has 0 fully saturated rings. The van der Waals surface area contributed by atoms with E-state index in [1.54, 1.807) is 19.2 Å². The van der Waals surface area contributed by atoms with E-state index in [4.69, 9.17) is 5.73 Å². The molecular weight excluding hydrogens is 266 g/mol. The van der Waals surface area contributed by atoms with Gasteiger partial charge in [-0.25, -0.2) is 18.1 Å². The first-order chi connectivity index (χ1) is 8.88. The van der Waals surface area contributed by atoms with Crippen molar-refractivity contribution in [2.45, 2.75) is 18.4 Å². The summed E-state index contributed by atoms with van der Waals surface area (Å²) in [6.45, 7) is 1.87. The second-order valence-electron chi connectivity index (χ2n) is 4.20. The fourth-order valence-electron chi connectivity index (χ4n) is 1.61. The largest absolute Gasteiger partial charge is 0.398 e. The van der Waals surface area contributed by atoms with Gasteiger partial charge in [0, 0.05) is 7.05 Å². The number of nitrogens with two attached hydrogens (primary N) is 1. The molecule has 8 heteroatoms. The highest BCUT2D eigenvalue weighted by molar-refractivity contribution is 7.89. The van der Waals surface area contributed by atoms with Crippen LogP contribution in [0.4, 0.5) is 5.69 Å². The molecule has 0 saturated heterocycles. The first-order valence-corrected chi connectivity index (χ1v) is 7.07. The maximum Gasteiger partial charge on any atom is 0.243 e. The van der Waals surface area contributed by atoms with Crippen LogP contribution in [-0.2, 0) is 23.6 Å². The van der Waals surface area contributed by atoms with E-state index in [1.165, 1.54) is 17.1 Å². The zero-order chi connectivity index (χ0) is 14.0. The van der Waals surface area contributed by atoms with Gasteiger partial charge in [-0.05, 0) is 24.6 Å². The Morgan fingerprint density at radius 2 is 2.16 bits per heavy atom. The van der Waals surface area contributed by atoms with E-state index < -0.39 is 10.0 Å². The molecule has 1 aromatic heterocycles. The van der Waals surface area contributed by atoms with Crippen LogP contribution >= 0.6 is 0 Å². The summed E-state index contributed by atoms with van der Waals surface area (Å²) in [6.07, 6.45) is 1.50. The number of rotatable bonds is 4. The molecule has 0 aliphatic rings. The van der Waals surface area contributed by atoms with Gasteiger partial charge < -0.3 is 5.73 Å². The molecule has 0 spiro atoms. The van der Waals surface area contributed by atoms with Crippen LogP contribution in [0.5, 0.6) is 0 Å². The van der Waals surface area contributed by atoms with E-state index in [0.717, 1.165) is 5.56 Å². The average Bonchev–Trinajstić information content (AvgIpc) is 2.72. The Morgan fingerprint density at radius 1 is 1.42 bits per heavy atom. The maximum atomic E-state index is 12.1. The minimum atomic E-state index is -3.66. The molecular formula is C11H15N5O2S. The smallest absolute Gasteiger partial charge is 0.243 e. The van der Waals surface area contributed by atoms with Gasteiger partial charge in [-0.3, -0.25) is 4.68 Å². The Balaban J connectivity index is 2.18. The molecule has 0 aliphatic heterocycles. The summed E-state index contributed by atoms with van der Waals surface area (Å²) in [4.78, 5) is 4.01. The van der Waals surface area contributed by atoms with Crippen molar-refractivity contribution >= 4 is 15.7 Å². The van der Waals surface area contributed by atoms with Crippen molar-refractivity contribution in [3.8, 4) is 0 Å². The number of hydrogen-bond acceptors (Lipinski definition) is 5. The summed E-state index contributed by atoms with van der Waals surface area (Å²) in [6, 6.07) is 4.80. The zero-order valence-corrected chi connectivity index (χ0v) is 11.5. The van der Waals surface area contributed by atoms with Gasteiger partial charge in [-0.1, -0.05) is 6.07 Å². The van der Waals surface area contributed by atoms with Crippen LogP contribution < -0.4 is 10.5 Å². The van der Waals surface area contributed by atoms with Crippen LogP contribution in [0, 0.1) is 6.92 Å². The van der Waals surface area contributed by atoms with Gasteiger partial charge in [-0.2, -0.15) is 5.10 Å². The molecule has 2 aromatic rings. The molecule has 0 aliphatic carbocycles. The molecule has 19 heavy (non-hydrogen) atoms. The molecule has 0 bridgehead atoms. The third kappa shape index (κ3) is 3.09. The summed E-state index contributed by atoms with van der Waals surface area (Å²) < 4.78 is 28.1. The molecule has 0 saturated carbocycles. The van der Waals surface area contributed by atoms with Gasteiger partial charge in [0.1, 0.15) is 11.2 Å². The predicted molar refractivity (Wildman–Crippen MR) is 70.6 cm³/mol. The standard InChI is InChI=1S/C11H15N5O2S/c1-8-3-4-10(9(12)5-8)19(17,18)14-6-11-13-7-16(2)15-11/h3-5,7,14H,6,12H2,1-2H3. The molecule has 7 nitrogen and oxygen atoms in total. The quantitative estimate of drug-likeness (QED) is 0.778. The lowest BCUT2D eigenvalue weighted by atomic mass is 10.2. The molecule has 1 aromatic carbocycles. The van der Waals surface area contributed by atoms with Crippen LogP contribution in [0.2, 0.25) is 0 Å². The Hall–Kier alpha value is -1.93. The number of nitrogens with zero attached hydrogens (tertiary/aromatic N) is 3. The minimum Gasteiger partial charge on any atom is -0.398 e. The second-order valence-corrected chi connectivity index (χ2v) is 5.94. The van der Waals surface area contributed by atoms with Gasteiger partial charge >= 0.3 is 0 Å². The number of nitrogen functional groups attached to an aromatic ring is 1. The Morgan fingerprint density at radius 3 is 2.74 bits per heavy atom. The number of benzene rings is 1. The SMILES string of the molecule is Cc1ccc(S(=O)(=O)NCc2ncn(C)n2)c(N)c1. The van der Waals surface area contributed by atoms with Crippen LogP contribution in [0.25, 0.3) is 0 Å². The minimum absolute atomic E-state index is 0.0243. The second kappa shape index (κ2) is 4.98. The van der Waals surface area contributed by atoms with Crippen molar-refractivity contribution in [2.24, 2.45) is 7.05 Å². The van der Waals surface area contributed by atoms with Crippen LogP contribution in [0.1, 0.15) is 11.4 Å². The normalized spacial score (nSPS) is 11.7. The summed E-state index contributed by atoms with van der Waals surface area (Å²) in [7, 11) is -1.95. The van der Waals surface area contributed by atoms with E-state index in [-0.39, 0.29) is 17.1 Å². The Bertz CT molecular complexity index is 693. The summed E-state index contributed by atoms with van der Waals surface area (Å²) in [5.41, 5.74) is 6.86. The van der Waals surface area contributed by atoms with Crippen molar-refractivity contribution < 1.29 is 8.42 Å². The van der Waals surface area contributed by atoms with Gasteiger partial charge in [0.2, 0.25) is 10.0 Å². The number of aromatic nitrogens is 3. The van der Waals surface area contributed by atoms with Crippen molar-refractivity contribution in [3.05, 3.63) is 35.9 Å². The van der Waals surface area contributed by atoms with Gasteiger partial charge in [0.25, 0.3) is 0 Å². The lowest BCUT2D eigenvalue weighted by molar-refractivity contribution is 0.579. The van der Waals surface area contributed by atoms with E-state index in [0.29, 0.717) is 5.82 Å². The number of sulfonamides is 1. The predicted octanol–water partition coefficient (Wildman–Crippen LogP) is 0.184. The summed E-state index contributed by atoms with van der Waals surface area (Å²) in [5, 5.41) is 3.99.